The Kier molecular flexibility index (Phi) is 9.92. The molecule has 234 valence electrons. The molecule has 1 amide bonds. The van der Waals surface area contributed by atoms with Gasteiger partial charge in [-0.1, -0.05) is 91.6 Å². The molecule has 2 aromatic rings. The van der Waals surface area contributed by atoms with Crippen molar-refractivity contribution in [1.82, 2.24) is 4.90 Å². The number of allylic oxidation sites excluding steroid dienone is 7. The van der Waals surface area contributed by atoms with E-state index >= 15 is 0 Å². The van der Waals surface area contributed by atoms with E-state index in [1.807, 2.05) is 66.8 Å². The number of ether oxygens (including phenoxy) is 5. The van der Waals surface area contributed by atoms with Crippen molar-refractivity contribution in [2.45, 2.75) is 56.1 Å². The van der Waals surface area contributed by atoms with Crippen LogP contribution in [-0.4, -0.2) is 67.9 Å². The summed E-state index contributed by atoms with van der Waals surface area (Å²) in [6.45, 7) is 4.45. The maximum absolute atomic E-state index is 13.5. The van der Waals surface area contributed by atoms with E-state index in [-0.39, 0.29) is 31.8 Å². The second-order valence-electron chi connectivity index (χ2n) is 11.5. The van der Waals surface area contributed by atoms with Crippen molar-refractivity contribution in [3.63, 3.8) is 0 Å². The highest BCUT2D eigenvalue weighted by molar-refractivity contribution is 5.83. The molecule has 8 nitrogen and oxygen atoms in total. The molecule has 45 heavy (non-hydrogen) atoms. The Labute approximate surface area is 264 Å². The van der Waals surface area contributed by atoms with E-state index in [4.69, 9.17) is 23.7 Å². The molecule has 8 heteroatoms. The van der Waals surface area contributed by atoms with Gasteiger partial charge in [-0.25, -0.2) is 9.59 Å². The summed E-state index contributed by atoms with van der Waals surface area (Å²) < 4.78 is 29.8. The first kappa shape index (κ1) is 30.6. The third-order valence-corrected chi connectivity index (χ3v) is 8.50. The fourth-order valence-corrected chi connectivity index (χ4v) is 6.37. The van der Waals surface area contributed by atoms with Crippen LogP contribution in [0.5, 0.6) is 0 Å². The minimum absolute atomic E-state index is 0.0600. The number of hydrogen-bond donors (Lipinski definition) is 0. The second-order valence-corrected chi connectivity index (χ2v) is 11.5. The van der Waals surface area contributed by atoms with Crippen LogP contribution in [-0.2, 0) is 28.5 Å². The number of amides is 1. The zero-order chi connectivity index (χ0) is 31.0. The third-order valence-electron chi connectivity index (χ3n) is 8.50. The van der Waals surface area contributed by atoms with Gasteiger partial charge in [-0.2, -0.15) is 0 Å². The minimum atomic E-state index is -0.825. The molecule has 0 spiro atoms. The first-order valence-corrected chi connectivity index (χ1v) is 15.6. The zero-order valence-electron chi connectivity index (χ0n) is 25.3. The molecule has 2 saturated heterocycles. The number of carbonyl (C=O) groups excluding carboxylic acids is 2. The molecular formula is C37H39NO7. The van der Waals surface area contributed by atoms with Crippen LogP contribution in [0.4, 0.5) is 4.79 Å². The summed E-state index contributed by atoms with van der Waals surface area (Å²) in [5.74, 6) is 0.172. The average Bonchev–Trinajstić information content (AvgIpc) is 3.61. The molecule has 4 atom stereocenters. The van der Waals surface area contributed by atoms with Crippen molar-refractivity contribution in [2.75, 3.05) is 26.4 Å². The summed E-state index contributed by atoms with van der Waals surface area (Å²) in [5, 5.41) is 0. The lowest BCUT2D eigenvalue weighted by Crippen LogP contribution is -2.42. The quantitative estimate of drug-likeness (QED) is 0.222. The Bertz CT molecular complexity index is 1460. The lowest BCUT2D eigenvalue weighted by Gasteiger charge is -2.31. The van der Waals surface area contributed by atoms with Crippen LogP contribution in [0.3, 0.4) is 0 Å². The van der Waals surface area contributed by atoms with E-state index in [0.717, 1.165) is 47.3 Å². The lowest BCUT2D eigenvalue weighted by molar-refractivity contribution is -0.219. The van der Waals surface area contributed by atoms with Crippen molar-refractivity contribution < 1.29 is 33.3 Å². The Morgan fingerprint density at radius 3 is 2.42 bits per heavy atom. The summed E-state index contributed by atoms with van der Waals surface area (Å²) in [7, 11) is 0. The Hall–Kier alpha value is -4.40. The maximum Gasteiger partial charge on any atom is 0.410 e. The van der Waals surface area contributed by atoms with Crippen LogP contribution in [0.15, 0.2) is 109 Å². The molecule has 0 bridgehead atoms. The molecule has 0 N–H and O–H groups in total. The largest absolute Gasteiger partial charge is 0.491 e. The smallest absolute Gasteiger partial charge is 0.410 e. The van der Waals surface area contributed by atoms with Gasteiger partial charge in [0.25, 0.3) is 0 Å². The predicted molar refractivity (Wildman–Crippen MR) is 170 cm³/mol. The normalized spacial score (nSPS) is 25.2. The van der Waals surface area contributed by atoms with Gasteiger partial charge in [0.15, 0.2) is 6.29 Å². The molecule has 2 aliphatic heterocycles. The second kappa shape index (κ2) is 14.6. The van der Waals surface area contributed by atoms with Gasteiger partial charge in [-0.3, -0.25) is 4.90 Å². The summed E-state index contributed by atoms with van der Waals surface area (Å²) >= 11 is 0. The standard InChI is InChI=1S/C37H39NO7/c1-2-21-41-36(39)34-22-28(45-35-20-12-15-27(44-35)24-42-26-13-6-4-3-5-7-14-26)23-38(34)37(40)43-25-33-31-18-10-8-16-29(31)30-17-9-11-19-32(30)33/h2-11,13-14,16-19,27-28,33-35H,1,12,15,20-25H2/b4-3-,5-3?,6-4?,7-5-,13-6?,14-7?,26-13?,26-14?/t27?,28-,34+,35?/m1/s1. The Morgan fingerprint density at radius 1 is 0.911 bits per heavy atom. The highest BCUT2D eigenvalue weighted by Crippen LogP contribution is 2.44. The zero-order valence-corrected chi connectivity index (χ0v) is 25.3. The van der Waals surface area contributed by atoms with Gasteiger partial charge < -0.3 is 23.7 Å². The fraction of sp³-hybridized carbons (Fsp3) is 0.351. The molecule has 0 aromatic heterocycles. The molecule has 0 radical (unpaired) electrons. The van der Waals surface area contributed by atoms with Crippen molar-refractivity contribution >= 4 is 12.1 Å². The number of esters is 1. The average molecular weight is 610 g/mol. The number of carbonyl (C=O) groups is 2. The van der Waals surface area contributed by atoms with Crippen LogP contribution in [0.2, 0.25) is 0 Å². The summed E-state index contributed by atoms with van der Waals surface area (Å²) in [6.07, 6.45) is 16.3. The van der Waals surface area contributed by atoms with Crippen molar-refractivity contribution in [3.05, 3.63) is 121 Å². The number of likely N-dealkylation sites (tertiary alicyclic amines) is 1. The van der Waals surface area contributed by atoms with E-state index in [1.165, 1.54) is 11.0 Å². The number of fused-ring (bicyclic) bond motifs is 3. The van der Waals surface area contributed by atoms with E-state index in [0.29, 0.717) is 13.0 Å². The molecule has 4 aliphatic rings. The van der Waals surface area contributed by atoms with Gasteiger partial charge in [-0.05, 0) is 53.7 Å². The van der Waals surface area contributed by atoms with Gasteiger partial charge in [0.1, 0.15) is 31.6 Å². The van der Waals surface area contributed by atoms with Crippen molar-refractivity contribution in [1.29, 1.82) is 0 Å². The first-order valence-electron chi connectivity index (χ1n) is 15.6. The Morgan fingerprint density at radius 2 is 1.64 bits per heavy atom. The predicted octanol–water partition coefficient (Wildman–Crippen LogP) is 6.60. The molecule has 2 fully saturated rings. The van der Waals surface area contributed by atoms with E-state index in [1.54, 1.807) is 0 Å². The van der Waals surface area contributed by atoms with Crippen molar-refractivity contribution in [2.24, 2.45) is 0 Å². The number of rotatable bonds is 10. The molecule has 2 aromatic carbocycles. The van der Waals surface area contributed by atoms with Crippen molar-refractivity contribution in [3.8, 4) is 11.1 Å². The molecular weight excluding hydrogens is 570 g/mol. The molecule has 2 aliphatic carbocycles. The monoisotopic (exact) mass is 609 g/mol. The van der Waals surface area contributed by atoms with E-state index in [9.17, 15) is 9.59 Å². The van der Waals surface area contributed by atoms with Gasteiger partial charge in [-0.15, -0.1) is 0 Å². The molecule has 0 saturated carbocycles. The first-order chi connectivity index (χ1) is 22.1. The van der Waals surface area contributed by atoms with Gasteiger partial charge in [0.2, 0.25) is 0 Å². The number of nitrogens with zero attached hydrogens (tertiary/aromatic N) is 1. The summed E-state index contributed by atoms with van der Waals surface area (Å²) in [5.41, 5.74) is 4.55. The molecule has 2 heterocycles. The minimum Gasteiger partial charge on any atom is -0.491 e. The maximum atomic E-state index is 13.5. The van der Waals surface area contributed by atoms with Crippen LogP contribution in [0.25, 0.3) is 11.1 Å². The summed E-state index contributed by atoms with van der Waals surface area (Å²) in [4.78, 5) is 28.0. The lowest BCUT2D eigenvalue weighted by atomic mass is 9.98. The third kappa shape index (κ3) is 7.30. The topological polar surface area (TPSA) is 83.5 Å². The summed E-state index contributed by atoms with van der Waals surface area (Å²) in [6, 6.07) is 15.5. The Balaban J connectivity index is 1.07. The van der Waals surface area contributed by atoms with Gasteiger partial charge >= 0.3 is 12.1 Å². The number of benzene rings is 2. The molecule has 6 rings (SSSR count). The van der Waals surface area contributed by atoms with Gasteiger partial charge in [0.05, 0.1) is 18.8 Å². The fourth-order valence-electron chi connectivity index (χ4n) is 6.37. The molecule has 2 unspecified atom stereocenters. The highest BCUT2D eigenvalue weighted by atomic mass is 16.7. The highest BCUT2D eigenvalue weighted by Gasteiger charge is 2.44. The van der Waals surface area contributed by atoms with Crippen LogP contribution >= 0.6 is 0 Å². The van der Waals surface area contributed by atoms with E-state index < -0.39 is 30.5 Å². The van der Waals surface area contributed by atoms with Crippen LogP contribution in [0.1, 0.15) is 42.7 Å². The van der Waals surface area contributed by atoms with Crippen LogP contribution in [0, 0.1) is 0 Å². The SMILES string of the molecule is C=CCOC(=O)[C@@H]1C[C@@H](OC2CCCC(COC3=C/C=C\C=C/C=C3)O2)CN1C(=O)OCC1c2ccccc2-c2ccccc21. The van der Waals surface area contributed by atoms with Gasteiger partial charge in [0, 0.05) is 12.3 Å². The number of hydrogen-bond acceptors (Lipinski definition) is 7. The van der Waals surface area contributed by atoms with E-state index in [2.05, 4.69) is 30.8 Å². The van der Waals surface area contributed by atoms with Crippen LogP contribution < -0.4 is 0 Å².